The van der Waals surface area contributed by atoms with Crippen LogP contribution >= 0.6 is 0 Å². The number of rotatable bonds is 0. The molecule has 0 spiro atoms. The fourth-order valence-electron chi connectivity index (χ4n) is 1.41. The zero-order valence-corrected chi connectivity index (χ0v) is 10.9. The molecule has 1 aliphatic carbocycles. The molecule has 0 aliphatic heterocycles. The van der Waals surface area contributed by atoms with Gasteiger partial charge < -0.3 is 1.43 Å². The summed E-state index contributed by atoms with van der Waals surface area (Å²) in [5.74, 6) is 1.47. The van der Waals surface area contributed by atoms with E-state index in [1.165, 1.54) is 28.2 Å². The topological polar surface area (TPSA) is 0 Å². The molecular weight excluding hydrogens is 223 g/mol. The molecule has 0 atom stereocenters. The van der Waals surface area contributed by atoms with Crippen molar-refractivity contribution in [1.29, 1.82) is 0 Å². The number of allylic oxidation sites excluding steroid dienone is 4. The molecule has 0 aromatic heterocycles. The standard InChI is InChI=1S/C10H15.Li.Mo.H/c1-6-7(2)9(4)10(5)8(6)3;;;/h1-5H3;;;/q;+1;;-1. The first-order valence-corrected chi connectivity index (χ1v) is 3.75. The van der Waals surface area contributed by atoms with E-state index in [4.69, 9.17) is 0 Å². The average Bonchev–Trinajstić information content (AvgIpc) is 2.07. The van der Waals surface area contributed by atoms with Crippen molar-refractivity contribution in [3.05, 3.63) is 28.2 Å². The van der Waals surface area contributed by atoms with Crippen LogP contribution in [0.1, 0.15) is 36.0 Å². The molecule has 0 heterocycles. The summed E-state index contributed by atoms with van der Waals surface area (Å²) in [6.45, 7) is 11.0. The van der Waals surface area contributed by atoms with Gasteiger partial charge in [-0.15, -0.1) is 0 Å². The van der Waals surface area contributed by atoms with Gasteiger partial charge in [-0.2, -0.15) is 0 Å². The quantitative estimate of drug-likeness (QED) is 0.536. The molecule has 0 N–H and O–H groups in total. The third-order valence-electron chi connectivity index (χ3n) is 2.81. The van der Waals surface area contributed by atoms with Crippen LogP contribution in [0.15, 0.2) is 22.3 Å². The predicted octanol–water partition coefficient (Wildman–Crippen LogP) is 0.381. The van der Waals surface area contributed by atoms with Crippen LogP contribution in [-0.4, -0.2) is 0 Å². The minimum Gasteiger partial charge on any atom is -1.00 e. The van der Waals surface area contributed by atoms with Crippen LogP contribution in [-0.2, 0) is 21.1 Å². The summed E-state index contributed by atoms with van der Waals surface area (Å²) < 4.78 is 0. The summed E-state index contributed by atoms with van der Waals surface area (Å²) >= 11 is 0. The summed E-state index contributed by atoms with van der Waals surface area (Å²) in [4.78, 5) is 0. The normalized spacial score (nSPS) is 17.8. The van der Waals surface area contributed by atoms with Crippen molar-refractivity contribution < 1.29 is 41.4 Å². The summed E-state index contributed by atoms with van der Waals surface area (Å²) in [5, 5.41) is 0. The molecule has 2 heteroatoms. The van der Waals surface area contributed by atoms with Gasteiger partial charge in [-0.05, 0) is 38.8 Å². The van der Waals surface area contributed by atoms with Crippen LogP contribution in [0, 0.1) is 5.92 Å². The molecule has 0 bridgehead atoms. The van der Waals surface area contributed by atoms with Crippen LogP contribution in [0.4, 0.5) is 0 Å². The van der Waals surface area contributed by atoms with Gasteiger partial charge in [-0.3, -0.25) is 0 Å². The zero-order valence-electron chi connectivity index (χ0n) is 9.91. The van der Waals surface area contributed by atoms with Gasteiger partial charge in [0.1, 0.15) is 0 Å². The van der Waals surface area contributed by atoms with Crippen molar-refractivity contribution in [3.63, 3.8) is 0 Å². The second-order valence-electron chi connectivity index (χ2n) is 3.12. The second-order valence-corrected chi connectivity index (χ2v) is 3.12. The first-order valence-electron chi connectivity index (χ1n) is 3.75. The van der Waals surface area contributed by atoms with Gasteiger partial charge in [0, 0.05) is 27.0 Å². The van der Waals surface area contributed by atoms with Crippen molar-refractivity contribution in [1.82, 2.24) is 0 Å². The molecule has 63 valence electrons. The molecule has 0 saturated heterocycles. The Bertz CT molecular complexity index is 207. The Hall–Kier alpha value is 0.766. The van der Waals surface area contributed by atoms with Gasteiger partial charge in [-0.1, -0.05) is 18.1 Å². The van der Waals surface area contributed by atoms with E-state index in [1.807, 2.05) is 0 Å². The molecule has 1 rings (SSSR count). The van der Waals surface area contributed by atoms with Gasteiger partial charge in [0.15, 0.2) is 0 Å². The molecule has 0 nitrogen and oxygen atoms in total. The van der Waals surface area contributed by atoms with Gasteiger partial charge in [-0.25, -0.2) is 0 Å². The zero-order chi connectivity index (χ0) is 7.89. The van der Waals surface area contributed by atoms with E-state index < -0.39 is 0 Å². The van der Waals surface area contributed by atoms with Crippen LogP contribution in [0.25, 0.3) is 0 Å². The Morgan fingerprint density at radius 1 is 0.667 bits per heavy atom. The van der Waals surface area contributed by atoms with Crippen molar-refractivity contribution in [2.75, 3.05) is 0 Å². The third kappa shape index (κ3) is 2.38. The van der Waals surface area contributed by atoms with Crippen molar-refractivity contribution >= 4 is 0 Å². The van der Waals surface area contributed by atoms with E-state index in [0.29, 0.717) is 0 Å². The SMILES string of the molecule is C[C]1C(C)=C(C)C(C)=C1C.[H-].[Li+].[Mo]. The molecule has 1 radical (unpaired) electrons. The molecule has 0 amide bonds. The van der Waals surface area contributed by atoms with E-state index in [-0.39, 0.29) is 41.4 Å². The van der Waals surface area contributed by atoms with E-state index in [0.717, 1.165) is 0 Å². The van der Waals surface area contributed by atoms with Crippen LogP contribution in [0.5, 0.6) is 0 Å². The largest absolute Gasteiger partial charge is 1.00 e. The summed E-state index contributed by atoms with van der Waals surface area (Å²) in [7, 11) is 0. The second kappa shape index (κ2) is 5.49. The molecule has 0 aromatic rings. The van der Waals surface area contributed by atoms with E-state index in [2.05, 4.69) is 34.6 Å². The van der Waals surface area contributed by atoms with Gasteiger partial charge in [0.2, 0.25) is 0 Å². The Balaban J connectivity index is -0.000000333. The maximum atomic E-state index is 2.20. The Morgan fingerprint density at radius 3 is 1.00 bits per heavy atom. The Kier molecular flexibility index (Phi) is 6.97. The van der Waals surface area contributed by atoms with Crippen molar-refractivity contribution in [3.8, 4) is 0 Å². The van der Waals surface area contributed by atoms with Gasteiger partial charge in [0.05, 0.1) is 0 Å². The maximum absolute atomic E-state index is 2.20. The smallest absolute Gasteiger partial charge is 1.00 e. The number of hydrogen-bond acceptors (Lipinski definition) is 0. The molecular formula is C10H16LiMo. The molecule has 0 fully saturated rings. The van der Waals surface area contributed by atoms with Crippen LogP contribution in [0.2, 0.25) is 0 Å². The Labute approximate surface area is 104 Å². The first-order chi connectivity index (χ1) is 4.55. The third-order valence-corrected chi connectivity index (χ3v) is 2.81. The van der Waals surface area contributed by atoms with Crippen molar-refractivity contribution in [2.45, 2.75) is 34.6 Å². The fraction of sp³-hybridized carbons (Fsp3) is 0.500. The van der Waals surface area contributed by atoms with Gasteiger partial charge in [0.25, 0.3) is 0 Å². The summed E-state index contributed by atoms with van der Waals surface area (Å²) in [5.41, 5.74) is 5.87. The monoisotopic (exact) mass is 241 g/mol. The van der Waals surface area contributed by atoms with Gasteiger partial charge >= 0.3 is 18.9 Å². The predicted molar refractivity (Wildman–Crippen MR) is 46.8 cm³/mol. The molecule has 0 unspecified atom stereocenters. The molecule has 0 aromatic carbocycles. The minimum absolute atomic E-state index is 0. The minimum atomic E-state index is 0. The number of hydrogen-bond donors (Lipinski definition) is 0. The fourth-order valence-corrected chi connectivity index (χ4v) is 1.41. The molecule has 1 aliphatic rings. The van der Waals surface area contributed by atoms with E-state index in [1.54, 1.807) is 0 Å². The summed E-state index contributed by atoms with van der Waals surface area (Å²) in [6.07, 6.45) is 0. The van der Waals surface area contributed by atoms with Crippen LogP contribution in [0.3, 0.4) is 0 Å². The van der Waals surface area contributed by atoms with E-state index >= 15 is 0 Å². The Morgan fingerprint density at radius 2 is 0.917 bits per heavy atom. The maximum Gasteiger partial charge on any atom is 1.00 e. The van der Waals surface area contributed by atoms with Crippen molar-refractivity contribution in [2.24, 2.45) is 0 Å². The first kappa shape index (κ1) is 15.2. The molecule has 12 heavy (non-hydrogen) atoms. The summed E-state index contributed by atoms with van der Waals surface area (Å²) in [6, 6.07) is 0. The van der Waals surface area contributed by atoms with Crippen LogP contribution < -0.4 is 18.9 Å². The van der Waals surface area contributed by atoms with E-state index in [9.17, 15) is 0 Å². The molecule has 0 saturated carbocycles. The average molecular weight is 239 g/mol.